The maximum atomic E-state index is 9.47. The Kier molecular flexibility index (Phi) is 6.86. The average molecular weight is 434 g/mol. The summed E-state index contributed by atoms with van der Waals surface area (Å²) < 4.78 is 10.9. The molecule has 0 aliphatic rings. The summed E-state index contributed by atoms with van der Waals surface area (Å²) in [5.74, 6) is 1.53. The second kappa shape index (κ2) is 9.38. The molecule has 0 aliphatic carbocycles. The quantitative estimate of drug-likeness (QED) is 0.491. The fourth-order valence-electron chi connectivity index (χ4n) is 2.72. The molecule has 0 saturated heterocycles. The lowest BCUT2D eigenvalue weighted by Crippen LogP contribution is -2.21. The van der Waals surface area contributed by atoms with Gasteiger partial charge in [-0.2, -0.15) is 4.98 Å². The van der Waals surface area contributed by atoms with Crippen LogP contribution in [-0.4, -0.2) is 55.7 Å². The van der Waals surface area contributed by atoms with E-state index in [0.717, 1.165) is 11.3 Å². The van der Waals surface area contributed by atoms with Crippen molar-refractivity contribution in [3.63, 3.8) is 0 Å². The number of aryl methyl sites for hydroxylation is 2. The molecule has 160 valence electrons. The van der Waals surface area contributed by atoms with E-state index in [1.807, 2.05) is 27.7 Å². The Labute approximate surface area is 179 Å². The molecule has 0 radical (unpaired) electrons. The van der Waals surface area contributed by atoms with Crippen LogP contribution in [0.15, 0.2) is 22.7 Å². The normalized spacial score (nSPS) is 12.3. The van der Waals surface area contributed by atoms with Crippen LogP contribution in [-0.2, 0) is 0 Å². The summed E-state index contributed by atoms with van der Waals surface area (Å²) in [4.78, 5) is 13.2. The summed E-state index contributed by atoms with van der Waals surface area (Å²) in [6, 6.07) is 5.41. The number of nitrogens with zero attached hydrogens (tertiary/aromatic N) is 4. The van der Waals surface area contributed by atoms with Crippen LogP contribution in [0.25, 0.3) is 23.0 Å². The second-order valence-corrected chi connectivity index (χ2v) is 7.60. The van der Waals surface area contributed by atoms with Crippen molar-refractivity contribution < 1.29 is 19.5 Å². The van der Waals surface area contributed by atoms with E-state index in [1.165, 1.54) is 0 Å². The second-order valence-electron chi connectivity index (χ2n) is 7.19. The molecule has 10 heteroatoms. The Morgan fingerprint density at radius 2 is 1.93 bits per heavy atom. The van der Waals surface area contributed by atoms with E-state index in [2.05, 4.69) is 25.4 Å². The number of nitrogens with one attached hydrogen (secondary N) is 1. The van der Waals surface area contributed by atoms with Crippen molar-refractivity contribution in [1.82, 2.24) is 20.1 Å². The number of hydrogen-bond acceptors (Lipinski definition) is 9. The third kappa shape index (κ3) is 5.24. The topological polar surface area (TPSA) is 126 Å². The molecule has 0 aliphatic heterocycles. The molecule has 3 N–H and O–H groups in total. The number of aliphatic hydroxyl groups excluding tert-OH is 2. The summed E-state index contributed by atoms with van der Waals surface area (Å²) in [6.07, 6.45) is -0.980. The molecule has 2 aromatic heterocycles. The fraction of sp³-hybridized carbons (Fsp3) is 0.400. The third-order valence-corrected chi connectivity index (χ3v) is 4.32. The Balaban J connectivity index is 1.87. The summed E-state index contributed by atoms with van der Waals surface area (Å²) in [7, 11) is 0. The molecule has 0 spiro atoms. The predicted molar refractivity (Wildman–Crippen MR) is 113 cm³/mol. The summed E-state index contributed by atoms with van der Waals surface area (Å²) in [5.41, 5.74) is 2.67. The van der Waals surface area contributed by atoms with Crippen LogP contribution in [0.2, 0.25) is 5.02 Å². The van der Waals surface area contributed by atoms with E-state index in [-0.39, 0.29) is 18.5 Å². The molecule has 0 saturated carbocycles. The first-order chi connectivity index (χ1) is 14.3. The van der Waals surface area contributed by atoms with E-state index in [9.17, 15) is 5.11 Å². The average Bonchev–Trinajstić information content (AvgIpc) is 3.16. The first-order valence-corrected chi connectivity index (χ1v) is 9.83. The molecule has 3 rings (SSSR count). The Hall–Kier alpha value is -2.75. The molecular formula is C20H24ClN5O4. The minimum absolute atomic E-state index is 0.0669. The van der Waals surface area contributed by atoms with Crippen LogP contribution in [0.4, 0.5) is 5.95 Å². The van der Waals surface area contributed by atoms with Gasteiger partial charge < -0.3 is 24.8 Å². The van der Waals surface area contributed by atoms with Crippen molar-refractivity contribution in [3.8, 4) is 28.7 Å². The molecule has 0 bridgehead atoms. The zero-order valence-electron chi connectivity index (χ0n) is 17.2. The molecule has 30 heavy (non-hydrogen) atoms. The minimum atomic E-state index is -0.980. The zero-order chi connectivity index (χ0) is 21.8. The van der Waals surface area contributed by atoms with E-state index in [1.54, 1.807) is 18.2 Å². The standard InChI is InChI=1S/C20H24ClN5O4/c1-10(2)22-20-23-12(4)6-16(24-20)19-25-18(26-30-19)13-5-11(3)17(15(21)7-13)29-9-14(28)8-27/h5-7,10,14,27-28H,8-9H2,1-4H3,(H,22,23,24). The molecule has 9 nitrogen and oxygen atoms in total. The maximum Gasteiger partial charge on any atom is 0.277 e. The van der Waals surface area contributed by atoms with Gasteiger partial charge in [0.2, 0.25) is 11.8 Å². The zero-order valence-corrected chi connectivity index (χ0v) is 17.9. The van der Waals surface area contributed by atoms with E-state index >= 15 is 0 Å². The molecule has 0 amide bonds. The molecule has 1 aromatic carbocycles. The molecule has 3 aromatic rings. The van der Waals surface area contributed by atoms with E-state index in [0.29, 0.717) is 33.8 Å². The number of benzene rings is 1. The number of aliphatic hydroxyl groups is 2. The lowest BCUT2D eigenvalue weighted by molar-refractivity contribution is 0.0534. The predicted octanol–water partition coefficient (Wildman–Crippen LogP) is 3.02. The number of rotatable bonds is 8. The lowest BCUT2D eigenvalue weighted by Gasteiger charge is -2.14. The van der Waals surface area contributed by atoms with Gasteiger partial charge in [0.15, 0.2) is 0 Å². The Morgan fingerprint density at radius 3 is 2.60 bits per heavy atom. The molecule has 1 unspecified atom stereocenters. The van der Waals surface area contributed by atoms with Gasteiger partial charge in [0.25, 0.3) is 5.89 Å². The Morgan fingerprint density at radius 1 is 1.17 bits per heavy atom. The van der Waals surface area contributed by atoms with Crippen LogP contribution in [0.3, 0.4) is 0 Å². The highest BCUT2D eigenvalue weighted by atomic mass is 35.5. The van der Waals surface area contributed by atoms with Gasteiger partial charge in [0.1, 0.15) is 24.2 Å². The largest absolute Gasteiger partial charge is 0.489 e. The minimum Gasteiger partial charge on any atom is -0.489 e. The van der Waals surface area contributed by atoms with Crippen molar-refractivity contribution in [2.24, 2.45) is 0 Å². The lowest BCUT2D eigenvalue weighted by atomic mass is 10.1. The smallest absolute Gasteiger partial charge is 0.277 e. The van der Waals surface area contributed by atoms with Gasteiger partial charge in [0.05, 0.1) is 11.6 Å². The number of hydrogen-bond donors (Lipinski definition) is 3. The first-order valence-electron chi connectivity index (χ1n) is 9.45. The van der Waals surface area contributed by atoms with E-state index < -0.39 is 12.7 Å². The fourth-order valence-corrected chi connectivity index (χ4v) is 3.04. The van der Waals surface area contributed by atoms with Crippen LogP contribution < -0.4 is 10.1 Å². The van der Waals surface area contributed by atoms with Gasteiger partial charge in [-0.1, -0.05) is 16.8 Å². The van der Waals surface area contributed by atoms with Crippen LogP contribution >= 0.6 is 11.6 Å². The highest BCUT2D eigenvalue weighted by molar-refractivity contribution is 6.32. The van der Waals surface area contributed by atoms with Crippen molar-refractivity contribution in [2.75, 3.05) is 18.5 Å². The van der Waals surface area contributed by atoms with Crippen LogP contribution in [0, 0.1) is 13.8 Å². The van der Waals surface area contributed by atoms with Crippen LogP contribution in [0.5, 0.6) is 5.75 Å². The van der Waals surface area contributed by atoms with Gasteiger partial charge in [-0.25, -0.2) is 9.97 Å². The van der Waals surface area contributed by atoms with Crippen molar-refractivity contribution in [1.29, 1.82) is 0 Å². The molecule has 1 atom stereocenters. The summed E-state index contributed by atoms with van der Waals surface area (Å²) in [5, 5.41) is 25.9. The van der Waals surface area contributed by atoms with Gasteiger partial charge in [0, 0.05) is 17.3 Å². The highest BCUT2D eigenvalue weighted by Crippen LogP contribution is 2.34. The van der Waals surface area contributed by atoms with Gasteiger partial charge in [-0.15, -0.1) is 0 Å². The van der Waals surface area contributed by atoms with Gasteiger partial charge in [-0.05, 0) is 51.5 Å². The summed E-state index contributed by atoms with van der Waals surface area (Å²) in [6.45, 7) is 7.22. The Bertz CT molecular complexity index is 1000. The molecule has 0 fully saturated rings. The number of aromatic nitrogens is 4. The van der Waals surface area contributed by atoms with E-state index in [4.69, 9.17) is 26.0 Å². The maximum absolute atomic E-state index is 9.47. The molecule has 2 heterocycles. The number of anilines is 1. The monoisotopic (exact) mass is 433 g/mol. The number of halogens is 1. The first kappa shape index (κ1) is 21.9. The van der Waals surface area contributed by atoms with Crippen molar-refractivity contribution in [3.05, 3.63) is 34.5 Å². The number of ether oxygens (including phenoxy) is 1. The van der Waals surface area contributed by atoms with Crippen molar-refractivity contribution in [2.45, 2.75) is 39.8 Å². The SMILES string of the molecule is Cc1cc(-c2nc(-c3cc(C)c(OCC(O)CO)c(Cl)c3)no2)nc(NC(C)C)n1. The van der Waals surface area contributed by atoms with Gasteiger partial charge in [-0.3, -0.25) is 0 Å². The van der Waals surface area contributed by atoms with Crippen LogP contribution in [0.1, 0.15) is 25.1 Å². The third-order valence-electron chi connectivity index (χ3n) is 4.04. The molecular weight excluding hydrogens is 410 g/mol. The van der Waals surface area contributed by atoms with Gasteiger partial charge >= 0.3 is 0 Å². The highest BCUT2D eigenvalue weighted by Gasteiger charge is 2.17. The van der Waals surface area contributed by atoms with Crippen molar-refractivity contribution >= 4 is 17.5 Å². The summed E-state index contributed by atoms with van der Waals surface area (Å²) >= 11 is 6.34.